The number of rotatable bonds is 11. The number of amides is 1. The lowest BCUT2D eigenvalue weighted by molar-refractivity contribution is 0.00578. The summed E-state index contributed by atoms with van der Waals surface area (Å²) in [5.74, 6) is 1.03. The van der Waals surface area contributed by atoms with Crippen LogP contribution in [0.1, 0.15) is 72.2 Å². The Bertz CT molecular complexity index is 1030. The van der Waals surface area contributed by atoms with Crippen molar-refractivity contribution in [3.05, 3.63) is 48.0 Å². The molecular weight excluding hydrogens is 467 g/mol. The average Bonchev–Trinajstić information content (AvgIpc) is 3.05. The molecule has 1 fully saturated rings. The van der Waals surface area contributed by atoms with Gasteiger partial charge in [0, 0.05) is 35.9 Å². The van der Waals surface area contributed by atoms with Crippen LogP contribution >= 0.6 is 0 Å². The van der Waals surface area contributed by atoms with Gasteiger partial charge in [0.25, 0.3) is 5.91 Å². The molecule has 1 aliphatic rings. The highest BCUT2D eigenvalue weighted by molar-refractivity contribution is 6.62. The Morgan fingerprint density at radius 2 is 1.54 bits per heavy atom. The first kappa shape index (κ1) is 29.0. The van der Waals surface area contributed by atoms with Crippen LogP contribution in [0.15, 0.2) is 42.5 Å². The molecule has 37 heavy (non-hydrogen) atoms. The summed E-state index contributed by atoms with van der Waals surface area (Å²) in [5, 5.41) is 2.96. The topological polar surface area (TPSA) is 69.3 Å². The molecule has 0 unspecified atom stereocenters. The van der Waals surface area contributed by atoms with Gasteiger partial charge in [-0.3, -0.25) is 9.69 Å². The molecule has 1 N–H and O–H groups in total. The summed E-state index contributed by atoms with van der Waals surface area (Å²) in [6, 6.07) is 13.7. The molecule has 1 heterocycles. The standard InChI is InChI=1S/C29H43BN2O5/c1-20(2)32(21(3)4)17-10-18-35-26-19-24(15-16-25(26)34-9)31-27(33)22-11-13-23(14-12-22)30-36-28(5,6)29(7,8)37-30/h11-16,19-21H,10,17-18H2,1-9H3,(H,31,33). The molecule has 202 valence electrons. The van der Waals surface area contributed by atoms with Crippen molar-refractivity contribution in [2.45, 2.75) is 85.1 Å². The minimum Gasteiger partial charge on any atom is -0.493 e. The van der Waals surface area contributed by atoms with Crippen LogP contribution in [0.25, 0.3) is 0 Å². The van der Waals surface area contributed by atoms with Crippen molar-refractivity contribution in [3.63, 3.8) is 0 Å². The lowest BCUT2D eigenvalue weighted by Gasteiger charge is -2.32. The Labute approximate surface area is 223 Å². The lowest BCUT2D eigenvalue weighted by Crippen LogP contribution is -2.41. The van der Waals surface area contributed by atoms with E-state index in [0.29, 0.717) is 41.4 Å². The van der Waals surface area contributed by atoms with Gasteiger partial charge < -0.3 is 24.1 Å². The molecule has 0 radical (unpaired) electrons. The molecule has 1 aliphatic heterocycles. The Hall–Kier alpha value is -2.55. The molecule has 0 aliphatic carbocycles. The fourth-order valence-corrected chi connectivity index (χ4v) is 4.38. The maximum Gasteiger partial charge on any atom is 0.494 e. The van der Waals surface area contributed by atoms with Crippen LogP contribution in [-0.4, -0.2) is 61.5 Å². The second kappa shape index (κ2) is 11.9. The predicted octanol–water partition coefficient (Wildman–Crippen LogP) is 5.13. The first-order valence-corrected chi connectivity index (χ1v) is 13.2. The number of ether oxygens (including phenoxy) is 2. The molecule has 8 heteroatoms. The molecule has 0 bridgehead atoms. The Morgan fingerprint density at radius 3 is 2.08 bits per heavy atom. The zero-order valence-electron chi connectivity index (χ0n) is 23.9. The number of anilines is 1. The molecular formula is C29H43BN2O5. The van der Waals surface area contributed by atoms with Gasteiger partial charge in [-0.1, -0.05) is 12.1 Å². The molecule has 7 nitrogen and oxygen atoms in total. The van der Waals surface area contributed by atoms with Crippen molar-refractivity contribution in [1.82, 2.24) is 4.90 Å². The number of hydrogen-bond acceptors (Lipinski definition) is 6. The number of carbonyl (C=O) groups excluding carboxylic acids is 1. The summed E-state index contributed by atoms with van der Waals surface area (Å²) >= 11 is 0. The summed E-state index contributed by atoms with van der Waals surface area (Å²) in [7, 11) is 1.15. The summed E-state index contributed by atoms with van der Waals surface area (Å²) < 4.78 is 23.7. The van der Waals surface area contributed by atoms with E-state index in [1.807, 2.05) is 45.9 Å². The molecule has 2 aromatic rings. The molecule has 3 rings (SSSR count). The second-order valence-electron chi connectivity index (χ2n) is 11.2. The lowest BCUT2D eigenvalue weighted by atomic mass is 9.79. The molecule has 1 saturated heterocycles. The van der Waals surface area contributed by atoms with Gasteiger partial charge in [-0.15, -0.1) is 0 Å². The van der Waals surface area contributed by atoms with Gasteiger partial charge in [0.1, 0.15) is 0 Å². The predicted molar refractivity (Wildman–Crippen MR) is 150 cm³/mol. The SMILES string of the molecule is COc1ccc(NC(=O)c2ccc(B3OC(C)(C)C(C)(C)O3)cc2)cc1OCCCN(C(C)C)C(C)C. The van der Waals surface area contributed by atoms with Crippen molar-refractivity contribution >= 4 is 24.2 Å². The van der Waals surface area contributed by atoms with E-state index in [2.05, 4.69) is 37.9 Å². The monoisotopic (exact) mass is 510 g/mol. The van der Waals surface area contributed by atoms with Crippen LogP contribution in [0.2, 0.25) is 0 Å². The van der Waals surface area contributed by atoms with Crippen LogP contribution in [0, 0.1) is 0 Å². The van der Waals surface area contributed by atoms with Crippen molar-refractivity contribution < 1.29 is 23.6 Å². The third kappa shape index (κ3) is 7.06. The van der Waals surface area contributed by atoms with E-state index in [-0.39, 0.29) is 5.91 Å². The fraction of sp³-hybridized carbons (Fsp3) is 0.552. The van der Waals surface area contributed by atoms with Crippen LogP contribution in [0.5, 0.6) is 11.5 Å². The van der Waals surface area contributed by atoms with E-state index >= 15 is 0 Å². The Morgan fingerprint density at radius 1 is 0.946 bits per heavy atom. The molecule has 1 amide bonds. The van der Waals surface area contributed by atoms with E-state index < -0.39 is 18.3 Å². The number of carbonyl (C=O) groups is 1. The highest BCUT2D eigenvalue weighted by atomic mass is 16.7. The van der Waals surface area contributed by atoms with E-state index in [0.717, 1.165) is 18.4 Å². The van der Waals surface area contributed by atoms with Crippen molar-refractivity contribution in [1.29, 1.82) is 0 Å². The largest absolute Gasteiger partial charge is 0.494 e. The third-order valence-electron chi connectivity index (χ3n) is 7.26. The van der Waals surface area contributed by atoms with Gasteiger partial charge in [0.05, 0.1) is 24.9 Å². The minimum atomic E-state index is -0.462. The van der Waals surface area contributed by atoms with E-state index in [9.17, 15) is 4.79 Å². The highest BCUT2D eigenvalue weighted by Gasteiger charge is 2.51. The van der Waals surface area contributed by atoms with Gasteiger partial charge >= 0.3 is 7.12 Å². The molecule has 0 saturated carbocycles. The van der Waals surface area contributed by atoms with Crippen LogP contribution in [-0.2, 0) is 9.31 Å². The summed E-state index contributed by atoms with van der Waals surface area (Å²) in [6.45, 7) is 18.4. The molecule has 0 atom stereocenters. The summed E-state index contributed by atoms with van der Waals surface area (Å²) in [6.07, 6.45) is 0.894. The van der Waals surface area contributed by atoms with Gasteiger partial charge in [-0.25, -0.2) is 0 Å². The van der Waals surface area contributed by atoms with E-state index in [4.69, 9.17) is 18.8 Å². The number of nitrogens with one attached hydrogen (secondary N) is 1. The van der Waals surface area contributed by atoms with Crippen LogP contribution in [0.3, 0.4) is 0 Å². The zero-order valence-corrected chi connectivity index (χ0v) is 23.9. The van der Waals surface area contributed by atoms with E-state index in [1.54, 1.807) is 31.4 Å². The number of nitrogens with zero attached hydrogens (tertiary/aromatic N) is 1. The third-order valence-corrected chi connectivity index (χ3v) is 7.26. The molecule has 0 spiro atoms. The molecule has 0 aromatic heterocycles. The van der Waals surface area contributed by atoms with E-state index in [1.165, 1.54) is 0 Å². The van der Waals surface area contributed by atoms with Crippen molar-refractivity contribution in [3.8, 4) is 11.5 Å². The first-order valence-electron chi connectivity index (χ1n) is 13.2. The summed E-state index contributed by atoms with van der Waals surface area (Å²) in [5.41, 5.74) is 1.24. The smallest absolute Gasteiger partial charge is 0.493 e. The van der Waals surface area contributed by atoms with Gasteiger partial charge in [0.2, 0.25) is 0 Å². The minimum absolute atomic E-state index is 0.207. The Kier molecular flexibility index (Phi) is 9.32. The quantitative estimate of drug-likeness (QED) is 0.334. The maximum absolute atomic E-state index is 12.9. The van der Waals surface area contributed by atoms with Crippen LogP contribution in [0.4, 0.5) is 5.69 Å². The average molecular weight is 510 g/mol. The summed E-state index contributed by atoms with van der Waals surface area (Å²) in [4.78, 5) is 15.4. The van der Waals surface area contributed by atoms with Gasteiger partial charge in [-0.05, 0) is 91.5 Å². The van der Waals surface area contributed by atoms with Gasteiger partial charge in [0.15, 0.2) is 11.5 Å². The fourth-order valence-electron chi connectivity index (χ4n) is 4.38. The van der Waals surface area contributed by atoms with Crippen LogP contribution < -0.4 is 20.3 Å². The van der Waals surface area contributed by atoms with Gasteiger partial charge in [-0.2, -0.15) is 0 Å². The van der Waals surface area contributed by atoms with Crippen molar-refractivity contribution in [2.24, 2.45) is 0 Å². The second-order valence-corrected chi connectivity index (χ2v) is 11.2. The first-order chi connectivity index (χ1) is 17.3. The number of hydrogen-bond donors (Lipinski definition) is 1. The van der Waals surface area contributed by atoms with Crippen molar-refractivity contribution in [2.75, 3.05) is 25.6 Å². The number of methoxy groups -OCH3 is 1. The molecule has 2 aromatic carbocycles. The normalized spacial score (nSPS) is 16.5. The maximum atomic E-state index is 12.9. The number of benzene rings is 2. The highest BCUT2D eigenvalue weighted by Crippen LogP contribution is 2.36. The Balaban J connectivity index is 1.61. The zero-order chi connectivity index (χ0) is 27.4.